The van der Waals surface area contributed by atoms with Gasteiger partial charge in [-0.1, -0.05) is 46.6 Å². The highest BCUT2D eigenvalue weighted by Crippen LogP contribution is 2.25. The molecule has 140 valence electrons. The summed E-state index contributed by atoms with van der Waals surface area (Å²) in [6.07, 6.45) is 2.60. The first kappa shape index (κ1) is 19.7. The van der Waals surface area contributed by atoms with Crippen molar-refractivity contribution in [2.75, 3.05) is 19.6 Å². The standard InChI is InChI=1S/C21H26BrClN2O/c1-2-25-11-3-4-20(25)14-24-13-17-12-18(22)7-10-21(17)26-15-16-5-8-19(23)9-6-16/h5-10,12,20,24H,2-4,11,13-15H2,1H3/t20-/m0/s1. The van der Waals surface area contributed by atoms with Crippen LogP contribution in [0.3, 0.4) is 0 Å². The summed E-state index contributed by atoms with van der Waals surface area (Å²) in [4.78, 5) is 2.56. The SMILES string of the molecule is CCN1CCC[C@H]1CNCc1cc(Br)ccc1OCc1ccc(Cl)cc1. The number of halogens is 2. The van der Waals surface area contributed by atoms with Crippen molar-refractivity contribution in [3.63, 3.8) is 0 Å². The molecule has 1 N–H and O–H groups in total. The zero-order chi connectivity index (χ0) is 18.4. The van der Waals surface area contributed by atoms with Gasteiger partial charge < -0.3 is 10.1 Å². The molecule has 0 aromatic heterocycles. The second kappa shape index (κ2) is 9.75. The largest absolute Gasteiger partial charge is 0.489 e. The highest BCUT2D eigenvalue weighted by Gasteiger charge is 2.22. The Bertz CT molecular complexity index is 708. The van der Waals surface area contributed by atoms with Gasteiger partial charge in [-0.25, -0.2) is 0 Å². The molecule has 1 aliphatic heterocycles. The summed E-state index contributed by atoms with van der Waals surface area (Å²) in [5.74, 6) is 0.925. The maximum atomic E-state index is 6.07. The van der Waals surface area contributed by atoms with Crippen LogP contribution in [0.1, 0.15) is 30.9 Å². The van der Waals surface area contributed by atoms with Crippen LogP contribution in [0.5, 0.6) is 5.75 Å². The molecule has 2 aromatic rings. The Morgan fingerprint density at radius 1 is 1.23 bits per heavy atom. The molecule has 1 aliphatic rings. The third-order valence-electron chi connectivity index (χ3n) is 4.93. The van der Waals surface area contributed by atoms with E-state index in [1.54, 1.807) is 0 Å². The van der Waals surface area contributed by atoms with Crippen LogP contribution in [0.25, 0.3) is 0 Å². The van der Waals surface area contributed by atoms with Gasteiger partial charge in [-0.15, -0.1) is 0 Å². The number of likely N-dealkylation sites (N-methyl/N-ethyl adjacent to an activating group) is 1. The van der Waals surface area contributed by atoms with Crippen molar-refractivity contribution >= 4 is 27.5 Å². The topological polar surface area (TPSA) is 24.5 Å². The van der Waals surface area contributed by atoms with Gasteiger partial charge in [-0.05, 0) is 61.8 Å². The minimum absolute atomic E-state index is 0.540. The van der Waals surface area contributed by atoms with E-state index in [0.29, 0.717) is 12.6 Å². The van der Waals surface area contributed by atoms with E-state index in [9.17, 15) is 0 Å². The van der Waals surface area contributed by atoms with Gasteiger partial charge in [0.15, 0.2) is 0 Å². The van der Waals surface area contributed by atoms with E-state index in [4.69, 9.17) is 16.3 Å². The van der Waals surface area contributed by atoms with Crippen LogP contribution in [0.15, 0.2) is 46.9 Å². The number of rotatable bonds is 8. The van der Waals surface area contributed by atoms with Crippen LogP contribution in [-0.4, -0.2) is 30.6 Å². The number of ether oxygens (including phenoxy) is 1. The van der Waals surface area contributed by atoms with Gasteiger partial charge in [-0.2, -0.15) is 0 Å². The molecule has 0 bridgehead atoms. The van der Waals surface area contributed by atoms with Crippen LogP contribution < -0.4 is 10.1 Å². The van der Waals surface area contributed by atoms with Gasteiger partial charge in [0.1, 0.15) is 12.4 Å². The van der Waals surface area contributed by atoms with E-state index in [-0.39, 0.29) is 0 Å². The molecule has 0 radical (unpaired) electrons. The van der Waals surface area contributed by atoms with Crippen molar-refractivity contribution in [2.45, 2.75) is 39.0 Å². The van der Waals surface area contributed by atoms with Crippen molar-refractivity contribution < 1.29 is 4.74 Å². The maximum absolute atomic E-state index is 6.07. The molecule has 3 rings (SSSR count). The fraction of sp³-hybridized carbons (Fsp3) is 0.429. The van der Waals surface area contributed by atoms with Crippen molar-refractivity contribution in [3.8, 4) is 5.75 Å². The molecular weight excluding hydrogens is 412 g/mol. The first-order valence-electron chi connectivity index (χ1n) is 9.26. The van der Waals surface area contributed by atoms with Crippen LogP contribution in [0, 0.1) is 0 Å². The summed E-state index contributed by atoms with van der Waals surface area (Å²) in [5.41, 5.74) is 2.29. The second-order valence-corrected chi connectivity index (χ2v) is 8.07. The molecule has 1 saturated heterocycles. The van der Waals surface area contributed by atoms with E-state index in [1.165, 1.54) is 24.9 Å². The Labute approximate surface area is 169 Å². The Hall–Kier alpha value is -1.07. The predicted molar refractivity (Wildman–Crippen MR) is 112 cm³/mol. The predicted octanol–water partition coefficient (Wildman–Crippen LogP) is 5.26. The number of nitrogens with one attached hydrogen (secondary N) is 1. The molecule has 0 saturated carbocycles. The van der Waals surface area contributed by atoms with Crippen LogP contribution in [0.4, 0.5) is 0 Å². The molecule has 1 atom stereocenters. The number of nitrogens with zero attached hydrogens (tertiary/aromatic N) is 1. The monoisotopic (exact) mass is 436 g/mol. The lowest BCUT2D eigenvalue weighted by Gasteiger charge is -2.23. The fourth-order valence-electron chi connectivity index (χ4n) is 3.48. The van der Waals surface area contributed by atoms with Gasteiger partial charge in [-0.3, -0.25) is 4.90 Å². The van der Waals surface area contributed by atoms with Crippen LogP contribution >= 0.6 is 27.5 Å². The summed E-state index contributed by atoms with van der Waals surface area (Å²) < 4.78 is 7.14. The van der Waals surface area contributed by atoms with Gasteiger partial charge in [0, 0.05) is 34.2 Å². The molecule has 0 aliphatic carbocycles. The van der Waals surface area contributed by atoms with Gasteiger partial charge >= 0.3 is 0 Å². The molecule has 3 nitrogen and oxygen atoms in total. The molecule has 0 amide bonds. The van der Waals surface area contributed by atoms with E-state index >= 15 is 0 Å². The molecular formula is C21H26BrClN2O. The molecule has 26 heavy (non-hydrogen) atoms. The Kier molecular flexibility index (Phi) is 7.38. The molecule has 0 unspecified atom stereocenters. The van der Waals surface area contributed by atoms with Gasteiger partial charge in [0.05, 0.1) is 0 Å². The maximum Gasteiger partial charge on any atom is 0.124 e. The average Bonchev–Trinajstić information content (AvgIpc) is 3.10. The lowest BCUT2D eigenvalue weighted by Crippen LogP contribution is -2.37. The summed E-state index contributed by atoms with van der Waals surface area (Å²) in [6, 6.07) is 14.6. The third-order valence-corrected chi connectivity index (χ3v) is 5.68. The quantitative estimate of drug-likeness (QED) is 0.610. The number of hydrogen-bond donors (Lipinski definition) is 1. The van der Waals surface area contributed by atoms with E-state index in [2.05, 4.69) is 39.1 Å². The smallest absolute Gasteiger partial charge is 0.124 e. The Morgan fingerprint density at radius 2 is 2.04 bits per heavy atom. The highest BCUT2D eigenvalue weighted by molar-refractivity contribution is 9.10. The minimum atomic E-state index is 0.540. The van der Waals surface area contributed by atoms with Crippen molar-refractivity contribution in [3.05, 3.63) is 63.1 Å². The van der Waals surface area contributed by atoms with E-state index < -0.39 is 0 Å². The first-order valence-corrected chi connectivity index (χ1v) is 10.4. The number of hydrogen-bond acceptors (Lipinski definition) is 3. The lowest BCUT2D eigenvalue weighted by molar-refractivity contribution is 0.259. The normalized spacial score (nSPS) is 17.6. The molecule has 5 heteroatoms. The average molecular weight is 438 g/mol. The minimum Gasteiger partial charge on any atom is -0.489 e. The molecule has 1 fully saturated rings. The zero-order valence-corrected chi connectivity index (χ0v) is 17.5. The fourth-order valence-corrected chi connectivity index (χ4v) is 4.02. The van der Waals surface area contributed by atoms with Crippen molar-refractivity contribution in [1.29, 1.82) is 0 Å². The van der Waals surface area contributed by atoms with Crippen molar-refractivity contribution in [1.82, 2.24) is 10.2 Å². The van der Waals surface area contributed by atoms with E-state index in [0.717, 1.165) is 40.4 Å². The van der Waals surface area contributed by atoms with E-state index in [1.807, 2.05) is 36.4 Å². The zero-order valence-electron chi connectivity index (χ0n) is 15.2. The number of likely N-dealkylation sites (tertiary alicyclic amines) is 1. The lowest BCUT2D eigenvalue weighted by atomic mass is 10.1. The van der Waals surface area contributed by atoms with Gasteiger partial charge in [0.2, 0.25) is 0 Å². The van der Waals surface area contributed by atoms with Crippen LogP contribution in [-0.2, 0) is 13.2 Å². The van der Waals surface area contributed by atoms with Gasteiger partial charge in [0.25, 0.3) is 0 Å². The Morgan fingerprint density at radius 3 is 2.81 bits per heavy atom. The molecule has 2 aromatic carbocycles. The summed E-state index contributed by atoms with van der Waals surface area (Å²) in [7, 11) is 0. The summed E-state index contributed by atoms with van der Waals surface area (Å²) in [5, 5.41) is 4.37. The molecule has 1 heterocycles. The molecule has 0 spiro atoms. The summed E-state index contributed by atoms with van der Waals surface area (Å²) in [6.45, 7) is 6.99. The third kappa shape index (κ3) is 5.46. The first-order chi connectivity index (χ1) is 12.7. The second-order valence-electron chi connectivity index (χ2n) is 6.72. The van der Waals surface area contributed by atoms with Crippen molar-refractivity contribution in [2.24, 2.45) is 0 Å². The Balaban J connectivity index is 1.57. The summed E-state index contributed by atoms with van der Waals surface area (Å²) >= 11 is 9.52. The highest BCUT2D eigenvalue weighted by atomic mass is 79.9. The van der Waals surface area contributed by atoms with Crippen LogP contribution in [0.2, 0.25) is 5.02 Å². The number of benzene rings is 2.